The maximum Gasteiger partial charge on any atom is 0.416 e. The van der Waals surface area contributed by atoms with Gasteiger partial charge in [-0.05, 0) is 36.6 Å². The molecule has 2 rings (SSSR count). The number of hydrogen-bond acceptors (Lipinski definition) is 3. The van der Waals surface area contributed by atoms with Gasteiger partial charge in [0.15, 0.2) is 0 Å². The molecule has 1 atom stereocenters. The van der Waals surface area contributed by atoms with Gasteiger partial charge in [-0.2, -0.15) is 13.2 Å². The van der Waals surface area contributed by atoms with Crippen LogP contribution in [-0.4, -0.2) is 17.7 Å². The predicted octanol–water partition coefficient (Wildman–Crippen LogP) is 4.85. The lowest BCUT2D eigenvalue weighted by molar-refractivity contribution is -0.137. The van der Waals surface area contributed by atoms with E-state index in [1.54, 1.807) is 19.1 Å². The van der Waals surface area contributed by atoms with E-state index >= 15 is 0 Å². The quantitative estimate of drug-likeness (QED) is 0.752. The molecule has 0 aromatic heterocycles. The second kappa shape index (κ2) is 8.43. The van der Waals surface area contributed by atoms with E-state index in [1.165, 1.54) is 24.3 Å². The van der Waals surface area contributed by atoms with E-state index in [1.807, 2.05) is 6.92 Å². The molecule has 2 N–H and O–H groups in total. The first kappa shape index (κ1) is 20.8. The van der Waals surface area contributed by atoms with Crippen molar-refractivity contribution >= 4 is 6.09 Å². The summed E-state index contributed by atoms with van der Waals surface area (Å²) in [5.41, 5.74) is -2.31. The Balaban J connectivity index is 2.46. The minimum absolute atomic E-state index is 0.0739. The number of carbonyl (C=O) groups is 1. The first-order valence-electron chi connectivity index (χ1n) is 8.67. The highest BCUT2D eigenvalue weighted by Crippen LogP contribution is 2.40. The number of para-hydroxylation sites is 1. The van der Waals surface area contributed by atoms with Crippen LogP contribution in [0.2, 0.25) is 0 Å². The fraction of sp³-hybridized carbons (Fsp3) is 0.350. The molecule has 0 heterocycles. The molecule has 0 aliphatic heterocycles. The van der Waals surface area contributed by atoms with Crippen molar-refractivity contribution in [3.63, 3.8) is 0 Å². The van der Waals surface area contributed by atoms with Crippen LogP contribution in [0.5, 0.6) is 5.75 Å². The number of nitrogens with one attached hydrogen (secondary N) is 1. The summed E-state index contributed by atoms with van der Waals surface area (Å²) in [6, 6.07) is 10.8. The summed E-state index contributed by atoms with van der Waals surface area (Å²) in [5.74, 6) is 0.0906. The molecular weight excluding hydrogens is 359 g/mol. The van der Waals surface area contributed by atoms with E-state index in [2.05, 4.69) is 5.32 Å². The number of rotatable bonds is 6. The van der Waals surface area contributed by atoms with Gasteiger partial charge in [0, 0.05) is 12.1 Å². The zero-order chi connectivity index (χ0) is 20.1. The zero-order valence-corrected chi connectivity index (χ0v) is 15.1. The van der Waals surface area contributed by atoms with Crippen molar-refractivity contribution in [3.05, 3.63) is 65.2 Å². The standard InChI is InChI=1S/C20H22F3NO3/c1-3-12-24-18(25)27-17-11-6-5-10-16(17)19(26,4-2)14-8-7-9-15(13-14)20(21,22)23/h5-11,13,26H,3-4,12H2,1-2H3,(H,24,25). The first-order chi connectivity index (χ1) is 12.7. The highest BCUT2D eigenvalue weighted by molar-refractivity contribution is 5.71. The molecule has 0 bridgehead atoms. The van der Waals surface area contributed by atoms with E-state index in [-0.39, 0.29) is 23.3 Å². The number of benzene rings is 2. The van der Waals surface area contributed by atoms with Crippen molar-refractivity contribution in [3.8, 4) is 5.75 Å². The number of carbonyl (C=O) groups excluding carboxylic acids is 1. The van der Waals surface area contributed by atoms with Crippen molar-refractivity contribution in [2.45, 2.75) is 38.5 Å². The molecule has 0 aliphatic carbocycles. The number of hydrogen-bond donors (Lipinski definition) is 2. The lowest BCUT2D eigenvalue weighted by Crippen LogP contribution is -2.31. The van der Waals surface area contributed by atoms with E-state index in [0.717, 1.165) is 18.6 Å². The minimum Gasteiger partial charge on any atom is -0.410 e. The lowest BCUT2D eigenvalue weighted by Gasteiger charge is -2.30. The van der Waals surface area contributed by atoms with Gasteiger partial charge in [0.2, 0.25) is 0 Å². The third kappa shape index (κ3) is 4.80. The molecule has 146 valence electrons. The number of aliphatic hydroxyl groups is 1. The molecule has 0 saturated carbocycles. The second-order valence-electron chi connectivity index (χ2n) is 6.10. The fourth-order valence-corrected chi connectivity index (χ4v) is 2.76. The summed E-state index contributed by atoms with van der Waals surface area (Å²) < 4.78 is 44.5. The third-order valence-electron chi connectivity index (χ3n) is 4.23. The topological polar surface area (TPSA) is 58.6 Å². The van der Waals surface area contributed by atoms with Gasteiger partial charge in [-0.3, -0.25) is 0 Å². The summed E-state index contributed by atoms with van der Waals surface area (Å²) in [5, 5.41) is 13.8. The van der Waals surface area contributed by atoms with E-state index < -0.39 is 23.4 Å². The van der Waals surface area contributed by atoms with E-state index in [4.69, 9.17) is 4.74 Å². The van der Waals surface area contributed by atoms with Crippen LogP contribution < -0.4 is 10.1 Å². The average molecular weight is 381 g/mol. The third-order valence-corrected chi connectivity index (χ3v) is 4.23. The molecular formula is C20H22F3NO3. The Bertz CT molecular complexity index is 792. The number of halogens is 3. The lowest BCUT2D eigenvalue weighted by atomic mass is 9.83. The highest BCUT2D eigenvalue weighted by atomic mass is 19.4. The summed E-state index contributed by atoms with van der Waals surface area (Å²) >= 11 is 0. The largest absolute Gasteiger partial charge is 0.416 e. The van der Waals surface area contributed by atoms with Crippen molar-refractivity contribution in [1.29, 1.82) is 0 Å². The maximum atomic E-state index is 13.1. The zero-order valence-electron chi connectivity index (χ0n) is 15.1. The normalized spacial score (nSPS) is 13.7. The highest BCUT2D eigenvalue weighted by Gasteiger charge is 2.36. The van der Waals surface area contributed by atoms with Crippen LogP contribution in [0.15, 0.2) is 48.5 Å². The van der Waals surface area contributed by atoms with E-state index in [9.17, 15) is 23.1 Å². The molecule has 0 saturated heterocycles. The predicted molar refractivity (Wildman–Crippen MR) is 95.5 cm³/mol. The van der Waals surface area contributed by atoms with Crippen molar-refractivity contribution < 1.29 is 27.8 Å². The second-order valence-corrected chi connectivity index (χ2v) is 6.10. The average Bonchev–Trinajstić information content (AvgIpc) is 2.65. The van der Waals surface area contributed by atoms with Crippen LogP contribution in [0, 0.1) is 0 Å². The van der Waals surface area contributed by atoms with Gasteiger partial charge in [-0.25, -0.2) is 4.79 Å². The van der Waals surface area contributed by atoms with Gasteiger partial charge in [-0.1, -0.05) is 44.2 Å². The molecule has 0 radical (unpaired) electrons. The van der Waals surface area contributed by atoms with Gasteiger partial charge >= 0.3 is 12.3 Å². The SMILES string of the molecule is CCCNC(=O)Oc1ccccc1C(O)(CC)c1cccc(C(F)(F)F)c1. The molecule has 27 heavy (non-hydrogen) atoms. The van der Waals surface area contributed by atoms with Gasteiger partial charge < -0.3 is 15.2 Å². The Morgan fingerprint density at radius 3 is 2.37 bits per heavy atom. The van der Waals surface area contributed by atoms with Crippen LogP contribution >= 0.6 is 0 Å². The number of alkyl halides is 3. The van der Waals surface area contributed by atoms with E-state index in [0.29, 0.717) is 6.54 Å². The Kier molecular flexibility index (Phi) is 6.49. The molecule has 0 fully saturated rings. The van der Waals surface area contributed by atoms with Gasteiger partial charge in [-0.15, -0.1) is 0 Å². The minimum atomic E-state index is -4.53. The Morgan fingerprint density at radius 2 is 1.74 bits per heavy atom. The molecule has 1 amide bonds. The molecule has 2 aromatic rings. The smallest absolute Gasteiger partial charge is 0.410 e. The van der Waals surface area contributed by atoms with Crippen LogP contribution in [0.4, 0.5) is 18.0 Å². The first-order valence-corrected chi connectivity index (χ1v) is 8.67. The van der Waals surface area contributed by atoms with Crippen LogP contribution in [0.25, 0.3) is 0 Å². The number of ether oxygens (including phenoxy) is 1. The molecule has 7 heteroatoms. The molecule has 0 spiro atoms. The summed E-state index contributed by atoms with van der Waals surface area (Å²) in [6.07, 6.45) is -4.40. The summed E-state index contributed by atoms with van der Waals surface area (Å²) in [4.78, 5) is 11.9. The Hall–Kier alpha value is -2.54. The van der Waals surface area contributed by atoms with Crippen molar-refractivity contribution in [1.82, 2.24) is 5.32 Å². The van der Waals surface area contributed by atoms with Gasteiger partial charge in [0.05, 0.1) is 5.56 Å². The summed E-state index contributed by atoms with van der Waals surface area (Å²) in [7, 11) is 0. The fourth-order valence-electron chi connectivity index (χ4n) is 2.76. The van der Waals surface area contributed by atoms with Crippen LogP contribution in [0.3, 0.4) is 0 Å². The molecule has 2 aromatic carbocycles. The number of amides is 1. The molecule has 4 nitrogen and oxygen atoms in total. The van der Waals surface area contributed by atoms with Crippen molar-refractivity contribution in [2.24, 2.45) is 0 Å². The van der Waals surface area contributed by atoms with Crippen LogP contribution in [-0.2, 0) is 11.8 Å². The Labute approximate surface area is 156 Å². The Morgan fingerprint density at radius 1 is 1.07 bits per heavy atom. The molecule has 1 unspecified atom stereocenters. The monoisotopic (exact) mass is 381 g/mol. The van der Waals surface area contributed by atoms with Gasteiger partial charge in [0.25, 0.3) is 0 Å². The van der Waals surface area contributed by atoms with Crippen LogP contribution in [0.1, 0.15) is 43.4 Å². The molecule has 0 aliphatic rings. The van der Waals surface area contributed by atoms with Crippen molar-refractivity contribution in [2.75, 3.05) is 6.54 Å². The maximum absolute atomic E-state index is 13.1. The summed E-state index contributed by atoms with van der Waals surface area (Å²) in [6.45, 7) is 3.96. The van der Waals surface area contributed by atoms with Gasteiger partial charge in [0.1, 0.15) is 11.4 Å².